The van der Waals surface area contributed by atoms with Gasteiger partial charge in [0.05, 0.1) is 12.7 Å². The largest absolute Gasteiger partial charge is 0.376 e. The van der Waals surface area contributed by atoms with E-state index >= 15 is 0 Å². The first-order chi connectivity index (χ1) is 9.35. The van der Waals surface area contributed by atoms with Crippen molar-refractivity contribution in [3.63, 3.8) is 0 Å². The van der Waals surface area contributed by atoms with E-state index in [0.29, 0.717) is 6.10 Å². The summed E-state index contributed by atoms with van der Waals surface area (Å²) in [5, 5.41) is 6.45. The maximum atomic E-state index is 5.83. The second kappa shape index (κ2) is 7.28. The van der Waals surface area contributed by atoms with Gasteiger partial charge in [-0.05, 0) is 19.3 Å². The molecule has 0 atom stereocenters. The highest BCUT2D eigenvalue weighted by atomic mass is 16.5. The molecule has 1 aliphatic carbocycles. The smallest absolute Gasteiger partial charge is 0.134 e. The second-order valence-corrected chi connectivity index (χ2v) is 4.86. The molecule has 1 aliphatic rings. The van der Waals surface area contributed by atoms with Crippen LogP contribution in [0.25, 0.3) is 0 Å². The standard InChI is InChI=1S/C14H24N4O/c1-3-12-13(15-2)17-10-18-14(12)16-8-9-19-11-6-4-5-7-11/h10-11H,3-9H2,1-2H3,(H2,15,16,17,18). The van der Waals surface area contributed by atoms with E-state index in [1.54, 1.807) is 6.33 Å². The lowest BCUT2D eigenvalue weighted by atomic mass is 10.2. The summed E-state index contributed by atoms with van der Waals surface area (Å²) in [7, 11) is 1.88. The Morgan fingerprint density at radius 3 is 2.68 bits per heavy atom. The van der Waals surface area contributed by atoms with E-state index in [4.69, 9.17) is 4.74 Å². The molecule has 0 saturated heterocycles. The fraction of sp³-hybridized carbons (Fsp3) is 0.714. The Bertz CT molecular complexity index is 391. The lowest BCUT2D eigenvalue weighted by molar-refractivity contribution is 0.0658. The quantitative estimate of drug-likeness (QED) is 0.741. The molecule has 2 rings (SSSR count). The molecule has 1 fully saturated rings. The summed E-state index contributed by atoms with van der Waals surface area (Å²) in [6.07, 6.45) is 8.04. The average molecular weight is 264 g/mol. The predicted molar refractivity (Wildman–Crippen MR) is 77.7 cm³/mol. The van der Waals surface area contributed by atoms with Crippen LogP contribution in [-0.4, -0.2) is 36.3 Å². The van der Waals surface area contributed by atoms with Crippen molar-refractivity contribution in [1.29, 1.82) is 0 Å². The fourth-order valence-electron chi connectivity index (χ4n) is 2.57. The Kier molecular flexibility index (Phi) is 5.39. The van der Waals surface area contributed by atoms with E-state index in [9.17, 15) is 0 Å². The number of nitrogens with one attached hydrogen (secondary N) is 2. The van der Waals surface area contributed by atoms with Crippen LogP contribution in [0.3, 0.4) is 0 Å². The molecule has 1 aromatic heterocycles. The Hall–Kier alpha value is -1.36. The molecule has 106 valence electrons. The van der Waals surface area contributed by atoms with Crippen molar-refractivity contribution in [3.05, 3.63) is 11.9 Å². The predicted octanol–water partition coefficient (Wildman–Crippen LogP) is 2.45. The van der Waals surface area contributed by atoms with Crippen molar-refractivity contribution >= 4 is 11.6 Å². The summed E-state index contributed by atoms with van der Waals surface area (Å²) in [6, 6.07) is 0. The summed E-state index contributed by atoms with van der Waals surface area (Å²) < 4.78 is 5.83. The van der Waals surface area contributed by atoms with Gasteiger partial charge in [-0.3, -0.25) is 0 Å². The van der Waals surface area contributed by atoms with Gasteiger partial charge in [-0.15, -0.1) is 0 Å². The maximum absolute atomic E-state index is 5.83. The summed E-state index contributed by atoms with van der Waals surface area (Å²) in [6.45, 7) is 3.65. The summed E-state index contributed by atoms with van der Waals surface area (Å²) in [5.74, 6) is 1.81. The molecule has 1 heterocycles. The average Bonchev–Trinajstić information content (AvgIpc) is 2.96. The number of ether oxygens (including phenoxy) is 1. The molecule has 1 aromatic rings. The molecule has 0 unspecified atom stereocenters. The van der Waals surface area contributed by atoms with E-state index in [1.807, 2.05) is 7.05 Å². The molecular formula is C14H24N4O. The molecule has 0 aromatic carbocycles. The molecule has 0 spiro atoms. The van der Waals surface area contributed by atoms with E-state index < -0.39 is 0 Å². The zero-order valence-electron chi connectivity index (χ0n) is 11.9. The van der Waals surface area contributed by atoms with Crippen LogP contribution in [-0.2, 0) is 11.2 Å². The van der Waals surface area contributed by atoms with Crippen LogP contribution >= 0.6 is 0 Å². The van der Waals surface area contributed by atoms with Crippen LogP contribution in [0.5, 0.6) is 0 Å². The minimum absolute atomic E-state index is 0.478. The second-order valence-electron chi connectivity index (χ2n) is 4.86. The Morgan fingerprint density at radius 2 is 2.00 bits per heavy atom. The zero-order valence-corrected chi connectivity index (χ0v) is 11.9. The number of aromatic nitrogens is 2. The molecule has 1 saturated carbocycles. The SMILES string of the molecule is CCc1c(NC)ncnc1NCCOC1CCCC1. The molecule has 0 bridgehead atoms. The van der Waals surface area contributed by atoms with E-state index in [0.717, 1.165) is 36.8 Å². The lowest BCUT2D eigenvalue weighted by Gasteiger charge is -2.14. The molecule has 2 N–H and O–H groups in total. The third kappa shape index (κ3) is 3.80. The van der Waals surface area contributed by atoms with Crippen LogP contribution < -0.4 is 10.6 Å². The first kappa shape index (κ1) is 14.1. The molecule has 5 nitrogen and oxygen atoms in total. The molecular weight excluding hydrogens is 240 g/mol. The summed E-state index contributed by atoms with van der Waals surface area (Å²) >= 11 is 0. The van der Waals surface area contributed by atoms with Crippen LogP contribution in [0, 0.1) is 0 Å². The van der Waals surface area contributed by atoms with Crippen LogP contribution in [0.4, 0.5) is 11.6 Å². The zero-order chi connectivity index (χ0) is 13.5. The third-order valence-electron chi connectivity index (χ3n) is 3.59. The van der Waals surface area contributed by atoms with Gasteiger partial charge in [-0.1, -0.05) is 19.8 Å². The minimum atomic E-state index is 0.478. The van der Waals surface area contributed by atoms with Crippen molar-refractivity contribution < 1.29 is 4.74 Å². The van der Waals surface area contributed by atoms with Gasteiger partial charge in [-0.25, -0.2) is 9.97 Å². The minimum Gasteiger partial charge on any atom is -0.376 e. The first-order valence-electron chi connectivity index (χ1n) is 7.22. The maximum Gasteiger partial charge on any atom is 0.134 e. The molecule has 19 heavy (non-hydrogen) atoms. The normalized spacial score (nSPS) is 15.7. The van der Waals surface area contributed by atoms with Gasteiger partial charge in [0.1, 0.15) is 18.0 Å². The first-order valence-corrected chi connectivity index (χ1v) is 7.22. The van der Waals surface area contributed by atoms with Crippen molar-refractivity contribution in [1.82, 2.24) is 9.97 Å². The number of hydrogen-bond donors (Lipinski definition) is 2. The van der Waals surface area contributed by atoms with Crippen LogP contribution in [0.2, 0.25) is 0 Å². The fourth-order valence-corrected chi connectivity index (χ4v) is 2.57. The Morgan fingerprint density at radius 1 is 1.26 bits per heavy atom. The highest BCUT2D eigenvalue weighted by Gasteiger charge is 2.15. The monoisotopic (exact) mass is 264 g/mol. The van der Waals surface area contributed by atoms with Gasteiger partial charge in [-0.2, -0.15) is 0 Å². The van der Waals surface area contributed by atoms with Gasteiger partial charge in [0.2, 0.25) is 0 Å². The van der Waals surface area contributed by atoms with E-state index in [2.05, 4.69) is 27.5 Å². The number of hydrogen-bond acceptors (Lipinski definition) is 5. The highest BCUT2D eigenvalue weighted by molar-refractivity contribution is 5.56. The van der Waals surface area contributed by atoms with Gasteiger partial charge in [0, 0.05) is 19.2 Å². The summed E-state index contributed by atoms with van der Waals surface area (Å²) in [4.78, 5) is 8.54. The lowest BCUT2D eigenvalue weighted by Crippen LogP contribution is -2.17. The van der Waals surface area contributed by atoms with Gasteiger partial charge < -0.3 is 15.4 Å². The van der Waals surface area contributed by atoms with Crippen molar-refractivity contribution in [2.24, 2.45) is 0 Å². The molecule has 0 amide bonds. The highest BCUT2D eigenvalue weighted by Crippen LogP contribution is 2.21. The molecule has 0 radical (unpaired) electrons. The molecule has 5 heteroatoms. The Balaban J connectivity index is 1.81. The van der Waals surface area contributed by atoms with Crippen LogP contribution in [0.1, 0.15) is 38.2 Å². The van der Waals surface area contributed by atoms with Gasteiger partial charge in [0.15, 0.2) is 0 Å². The van der Waals surface area contributed by atoms with Gasteiger partial charge >= 0.3 is 0 Å². The third-order valence-corrected chi connectivity index (χ3v) is 3.59. The summed E-state index contributed by atoms with van der Waals surface area (Å²) in [5.41, 5.74) is 1.13. The van der Waals surface area contributed by atoms with E-state index in [1.165, 1.54) is 25.7 Å². The number of nitrogens with zero attached hydrogens (tertiary/aromatic N) is 2. The van der Waals surface area contributed by atoms with Crippen LogP contribution in [0.15, 0.2) is 6.33 Å². The Labute approximate surface area is 115 Å². The molecule has 0 aliphatic heterocycles. The van der Waals surface area contributed by atoms with Crippen molar-refractivity contribution in [2.45, 2.75) is 45.1 Å². The number of anilines is 2. The van der Waals surface area contributed by atoms with Gasteiger partial charge in [0.25, 0.3) is 0 Å². The number of rotatable bonds is 7. The van der Waals surface area contributed by atoms with Crippen molar-refractivity contribution in [3.8, 4) is 0 Å². The van der Waals surface area contributed by atoms with E-state index in [-0.39, 0.29) is 0 Å². The van der Waals surface area contributed by atoms with Crippen molar-refractivity contribution in [2.75, 3.05) is 30.8 Å². The topological polar surface area (TPSA) is 59.1 Å².